The molecule has 1 fully saturated rings. The van der Waals surface area contributed by atoms with Gasteiger partial charge in [0.25, 0.3) is 0 Å². The van der Waals surface area contributed by atoms with Crippen LogP contribution in [0.25, 0.3) is 5.57 Å². The van der Waals surface area contributed by atoms with Crippen LogP contribution in [0, 0.1) is 0 Å². The Morgan fingerprint density at radius 3 is 2.40 bits per heavy atom. The average Bonchev–Trinajstić information content (AvgIpc) is 2.92. The van der Waals surface area contributed by atoms with Crippen molar-refractivity contribution < 1.29 is 0 Å². The van der Waals surface area contributed by atoms with Crippen LogP contribution < -0.4 is 5.73 Å². The summed E-state index contributed by atoms with van der Waals surface area (Å²) in [7, 11) is 2.23. The first-order valence-corrected chi connectivity index (χ1v) is 9.39. The number of nitrogens with zero attached hydrogens (tertiary/aromatic N) is 1. The van der Waals surface area contributed by atoms with Gasteiger partial charge < -0.3 is 10.6 Å². The summed E-state index contributed by atoms with van der Waals surface area (Å²) in [5.41, 5.74) is 13.6. The van der Waals surface area contributed by atoms with Gasteiger partial charge in [-0.25, -0.2) is 0 Å². The van der Waals surface area contributed by atoms with E-state index in [-0.39, 0.29) is 24.8 Å². The minimum absolute atomic E-state index is 0. The van der Waals surface area contributed by atoms with Crippen LogP contribution in [-0.2, 0) is 19.4 Å². The minimum Gasteiger partial charge on any atom is -0.326 e. The number of hydrogen-bond donors (Lipinski definition) is 1. The van der Waals surface area contributed by atoms with Crippen LogP contribution in [0.2, 0.25) is 0 Å². The van der Waals surface area contributed by atoms with Crippen LogP contribution in [0.3, 0.4) is 0 Å². The average molecular weight is 397 g/mol. The summed E-state index contributed by atoms with van der Waals surface area (Å²) in [6, 6.07) is 11.4. The maximum absolute atomic E-state index is 5.93. The Hall–Kier alpha value is -0.840. The Bertz CT molecular complexity index is 757. The first-order valence-electron chi connectivity index (χ1n) is 8.57. The fourth-order valence-corrected chi connectivity index (χ4v) is 5.04. The summed E-state index contributed by atoms with van der Waals surface area (Å²) in [6.07, 6.45) is 4.66. The zero-order valence-corrected chi connectivity index (χ0v) is 17.0. The van der Waals surface area contributed by atoms with Crippen molar-refractivity contribution in [3.05, 3.63) is 62.3 Å². The zero-order valence-electron chi connectivity index (χ0n) is 14.6. The number of rotatable bonds is 1. The maximum atomic E-state index is 5.93. The van der Waals surface area contributed by atoms with Gasteiger partial charge in [0.2, 0.25) is 0 Å². The second kappa shape index (κ2) is 8.70. The molecule has 0 atom stereocenters. The summed E-state index contributed by atoms with van der Waals surface area (Å²) < 4.78 is 0. The standard InChI is InChI=1S/C20H24N2S.2ClH/c1-22-10-8-15(9-11-22)19-18-5-3-2-4-14(18)6-7-16-12-17(13-21)23-20(16)19;;/h2-5,12H,6-11,13,21H2,1H3;2*1H. The Labute approximate surface area is 166 Å². The molecule has 0 bridgehead atoms. The van der Waals surface area contributed by atoms with Gasteiger partial charge in [0, 0.05) is 29.4 Å². The molecule has 1 aliphatic heterocycles. The van der Waals surface area contributed by atoms with Gasteiger partial charge in [0.15, 0.2) is 0 Å². The van der Waals surface area contributed by atoms with Crippen LogP contribution in [0.1, 0.15) is 39.3 Å². The van der Waals surface area contributed by atoms with E-state index in [1.807, 2.05) is 11.3 Å². The largest absolute Gasteiger partial charge is 0.326 e. The van der Waals surface area contributed by atoms with Gasteiger partial charge in [0.1, 0.15) is 0 Å². The lowest BCUT2D eigenvalue weighted by atomic mass is 9.90. The molecule has 1 aromatic carbocycles. The molecule has 2 heterocycles. The van der Waals surface area contributed by atoms with Crippen molar-refractivity contribution in [2.75, 3.05) is 20.1 Å². The molecule has 2 aromatic rings. The molecular weight excluding hydrogens is 371 g/mol. The molecule has 0 saturated carbocycles. The number of aryl methyl sites for hydroxylation is 2. The maximum Gasteiger partial charge on any atom is 0.0383 e. The highest BCUT2D eigenvalue weighted by Crippen LogP contribution is 2.42. The molecule has 2 aliphatic rings. The van der Waals surface area contributed by atoms with E-state index in [4.69, 9.17) is 5.73 Å². The summed E-state index contributed by atoms with van der Waals surface area (Å²) in [4.78, 5) is 5.25. The van der Waals surface area contributed by atoms with Gasteiger partial charge in [-0.05, 0) is 61.1 Å². The molecule has 1 aliphatic carbocycles. The number of benzene rings is 1. The molecule has 2 N–H and O–H groups in total. The molecule has 5 heteroatoms. The van der Waals surface area contributed by atoms with E-state index in [1.165, 1.54) is 57.9 Å². The van der Waals surface area contributed by atoms with Crippen molar-refractivity contribution in [2.45, 2.75) is 32.2 Å². The fraction of sp³-hybridized carbons (Fsp3) is 0.400. The third kappa shape index (κ3) is 3.96. The van der Waals surface area contributed by atoms with Crippen LogP contribution in [0.5, 0.6) is 0 Å². The van der Waals surface area contributed by atoms with Gasteiger partial charge in [-0.15, -0.1) is 36.2 Å². The Morgan fingerprint density at radius 1 is 1.00 bits per heavy atom. The van der Waals surface area contributed by atoms with E-state index in [2.05, 4.69) is 42.3 Å². The molecule has 0 radical (unpaired) electrons. The first kappa shape index (κ1) is 20.5. The Kier molecular flexibility index (Phi) is 7.12. The smallest absolute Gasteiger partial charge is 0.0383 e. The molecule has 1 aromatic heterocycles. The van der Waals surface area contributed by atoms with Crippen LogP contribution in [0.15, 0.2) is 35.9 Å². The number of fused-ring (bicyclic) bond motifs is 2. The highest BCUT2D eigenvalue weighted by atomic mass is 35.5. The van der Waals surface area contributed by atoms with Crippen molar-refractivity contribution in [1.29, 1.82) is 0 Å². The molecule has 0 spiro atoms. The quantitative estimate of drug-likeness (QED) is 0.757. The first-order chi connectivity index (χ1) is 11.3. The van der Waals surface area contributed by atoms with E-state index >= 15 is 0 Å². The lowest BCUT2D eigenvalue weighted by Gasteiger charge is -2.27. The highest BCUT2D eigenvalue weighted by molar-refractivity contribution is 7.13. The van der Waals surface area contributed by atoms with Crippen LogP contribution >= 0.6 is 36.2 Å². The number of hydrogen-bond acceptors (Lipinski definition) is 3. The lowest BCUT2D eigenvalue weighted by Crippen LogP contribution is -2.26. The normalized spacial score (nSPS) is 17.0. The van der Waals surface area contributed by atoms with E-state index < -0.39 is 0 Å². The molecule has 0 amide bonds. The Balaban J connectivity index is 0.00000113. The molecule has 25 heavy (non-hydrogen) atoms. The van der Waals surface area contributed by atoms with E-state index in [9.17, 15) is 0 Å². The number of piperidine rings is 1. The summed E-state index contributed by atoms with van der Waals surface area (Å²) >= 11 is 1.92. The van der Waals surface area contributed by atoms with Crippen molar-refractivity contribution in [2.24, 2.45) is 5.73 Å². The van der Waals surface area contributed by atoms with E-state index in [1.54, 1.807) is 5.57 Å². The topological polar surface area (TPSA) is 29.3 Å². The van der Waals surface area contributed by atoms with Crippen molar-refractivity contribution in [1.82, 2.24) is 4.90 Å². The Morgan fingerprint density at radius 2 is 1.68 bits per heavy atom. The molecule has 1 saturated heterocycles. The van der Waals surface area contributed by atoms with Crippen molar-refractivity contribution in [3.8, 4) is 0 Å². The minimum atomic E-state index is 0. The second-order valence-corrected chi connectivity index (χ2v) is 7.85. The van der Waals surface area contributed by atoms with Gasteiger partial charge in [0.05, 0.1) is 0 Å². The number of thiophene rings is 1. The molecule has 4 rings (SSSR count). The molecule has 2 nitrogen and oxygen atoms in total. The molecule has 0 unspecified atom stereocenters. The van der Waals surface area contributed by atoms with E-state index in [0.717, 1.165) is 12.8 Å². The van der Waals surface area contributed by atoms with Crippen molar-refractivity contribution in [3.63, 3.8) is 0 Å². The number of likely N-dealkylation sites (tertiary alicyclic amines) is 1. The van der Waals surface area contributed by atoms with E-state index in [0.29, 0.717) is 6.54 Å². The monoisotopic (exact) mass is 396 g/mol. The zero-order chi connectivity index (χ0) is 15.8. The number of halogens is 2. The summed E-state index contributed by atoms with van der Waals surface area (Å²) in [5, 5.41) is 0. The van der Waals surface area contributed by atoms with Crippen LogP contribution in [0.4, 0.5) is 0 Å². The predicted molar refractivity (Wildman–Crippen MR) is 113 cm³/mol. The highest BCUT2D eigenvalue weighted by Gasteiger charge is 2.24. The predicted octanol–water partition coefficient (Wildman–Crippen LogP) is 4.68. The summed E-state index contributed by atoms with van der Waals surface area (Å²) in [5.74, 6) is 0. The second-order valence-electron chi connectivity index (χ2n) is 6.71. The van der Waals surface area contributed by atoms with Gasteiger partial charge >= 0.3 is 0 Å². The van der Waals surface area contributed by atoms with Gasteiger partial charge in [-0.2, -0.15) is 0 Å². The SMILES string of the molecule is CN1CCC(=C2c3ccccc3CCc3cc(CN)sc32)CC1.Cl.Cl. The lowest BCUT2D eigenvalue weighted by molar-refractivity contribution is 0.313. The van der Waals surface area contributed by atoms with Gasteiger partial charge in [-0.1, -0.05) is 29.8 Å². The van der Waals surface area contributed by atoms with Crippen molar-refractivity contribution >= 4 is 41.7 Å². The van der Waals surface area contributed by atoms with Gasteiger partial charge in [-0.3, -0.25) is 0 Å². The summed E-state index contributed by atoms with van der Waals surface area (Å²) in [6.45, 7) is 3.00. The van der Waals surface area contributed by atoms with Crippen LogP contribution in [-0.4, -0.2) is 25.0 Å². The molecular formula is C20H26Cl2N2S. The fourth-order valence-electron chi connectivity index (χ4n) is 3.85. The third-order valence-corrected chi connectivity index (χ3v) is 6.40. The third-order valence-electron chi connectivity index (χ3n) is 5.18. The number of nitrogens with two attached hydrogens (primary N) is 1. The molecule has 136 valence electrons.